The second-order valence-electron chi connectivity index (χ2n) is 7.50. The van der Waals surface area contributed by atoms with Crippen molar-refractivity contribution in [3.05, 3.63) is 22.2 Å². The quantitative estimate of drug-likeness (QED) is 0.494. The molecule has 0 aliphatic rings. The minimum absolute atomic E-state index is 0.0719. The number of amides is 1. The first-order valence-electron chi connectivity index (χ1n) is 7.64. The molecule has 0 saturated heterocycles. The predicted octanol–water partition coefficient (Wildman–Crippen LogP) is -3.48. The minimum atomic E-state index is -4.51. The molecule has 4 nitrogen and oxygen atoms in total. The number of hydrogen-bond acceptors (Lipinski definition) is 3. The predicted molar refractivity (Wildman–Crippen MR) is 111 cm³/mol. The topological polar surface area (TPSA) is 47.6 Å². The van der Waals surface area contributed by atoms with Crippen LogP contribution in [0.1, 0.15) is 10.4 Å². The smallest absolute Gasteiger partial charge is 0.405 e. The van der Waals surface area contributed by atoms with Gasteiger partial charge < -0.3 is 14.8 Å². The van der Waals surface area contributed by atoms with Gasteiger partial charge in [0.15, 0.2) is 0 Å². The summed E-state index contributed by atoms with van der Waals surface area (Å²) >= 11 is 3.31. The molecule has 0 atom stereocenters. The fourth-order valence-corrected chi connectivity index (χ4v) is 2.29. The summed E-state index contributed by atoms with van der Waals surface area (Å²) in [6, 6.07) is 3.06. The summed E-state index contributed by atoms with van der Waals surface area (Å²) in [5.74, 6) is -0.634. The first kappa shape index (κ1) is 22.0. The van der Waals surface area contributed by atoms with Crippen LogP contribution in [0.4, 0.5) is 13.2 Å². The van der Waals surface area contributed by atoms with Crippen LogP contribution in [0.15, 0.2) is 16.6 Å². The molecule has 1 amide bonds. The molecule has 1 aromatic carbocycles. The van der Waals surface area contributed by atoms with E-state index in [-0.39, 0.29) is 17.1 Å². The van der Waals surface area contributed by atoms with Gasteiger partial charge in [0.05, 0.1) is 0 Å². The van der Waals surface area contributed by atoms with E-state index >= 15 is 0 Å². The van der Waals surface area contributed by atoms with Crippen molar-refractivity contribution in [1.82, 2.24) is 5.32 Å². The molecule has 0 fully saturated rings. The van der Waals surface area contributed by atoms with Crippen LogP contribution >= 0.6 is 15.9 Å². The van der Waals surface area contributed by atoms with E-state index in [1.807, 2.05) is 5.32 Å². The van der Waals surface area contributed by atoms with E-state index in [1.165, 1.54) is 12.1 Å². The number of ether oxygens (including phenoxy) is 2. The third-order valence-corrected chi connectivity index (χ3v) is 3.00. The first-order valence-corrected chi connectivity index (χ1v) is 8.43. The maximum Gasteiger partial charge on any atom is 0.405 e. The van der Waals surface area contributed by atoms with Crippen LogP contribution in [0.25, 0.3) is 0 Å². The molecule has 0 spiro atoms. The molecule has 130 valence electrons. The van der Waals surface area contributed by atoms with Gasteiger partial charge in [-0.15, -0.1) is 0 Å². The minimum Gasteiger partial charge on any atom is -0.513 e. The van der Waals surface area contributed by atoms with Gasteiger partial charge in [0.25, 0.3) is 5.91 Å². The van der Waals surface area contributed by atoms with Gasteiger partial charge in [-0.2, -0.15) is 13.2 Å². The molecule has 0 aromatic heterocycles. The zero-order valence-corrected chi connectivity index (χ0v) is 16.7. The zero-order valence-electron chi connectivity index (χ0n) is 15.1. The summed E-state index contributed by atoms with van der Waals surface area (Å²) in [5.41, 5.74) is -0.0719. The highest BCUT2D eigenvalue weighted by Gasteiger charge is 2.31. The van der Waals surface area contributed by atoms with Crippen molar-refractivity contribution in [3.8, 4) is 11.5 Å². The number of carbonyl (C=O) groups excluding carboxylic acids is 1. The number of carbonyl (C=O) groups is 1. The lowest BCUT2D eigenvalue weighted by molar-refractivity contribution is -0.123. The molecule has 1 aromatic rings. The van der Waals surface area contributed by atoms with Gasteiger partial charge in [-0.3, -0.25) is 4.79 Å². The number of nitrogens with one attached hydrogen (secondary N) is 1. The van der Waals surface area contributed by atoms with Crippen LogP contribution in [0.3, 0.4) is 0 Å². The highest BCUT2D eigenvalue weighted by atomic mass is 79.9. The Bertz CT molecular complexity index is 610. The van der Waals surface area contributed by atoms with Crippen LogP contribution in [0.2, 0.25) is 0 Å². The van der Waals surface area contributed by atoms with Crippen LogP contribution < -0.4 is 14.8 Å². The summed E-state index contributed by atoms with van der Waals surface area (Å²) < 4.78 is 49.5. The average Bonchev–Trinajstić information content (AvgIpc) is 2.30. The summed E-state index contributed by atoms with van der Waals surface area (Å²) in [5, 5.41) is 0.564. The standard InChI is InChI=1S/C11H17B6BrF3NO3/c12-10(13,14)24-5-1-4(18)2-6(25-11(15,16)17)7(5)8(23)22-3-9(19,20)21/h1-2H,3,12-17H2,(H,22,23). The number of benzene rings is 1. The van der Waals surface area contributed by atoms with Gasteiger partial charge >= 0.3 is 6.18 Å². The van der Waals surface area contributed by atoms with E-state index in [0.717, 1.165) is 0 Å². The maximum atomic E-state index is 12.5. The van der Waals surface area contributed by atoms with Crippen molar-refractivity contribution < 1.29 is 27.4 Å². The normalized spacial score (nSPS) is 12.5. The van der Waals surface area contributed by atoms with Crippen LogP contribution in [-0.4, -0.2) is 76.3 Å². The summed E-state index contributed by atoms with van der Waals surface area (Å²) in [6.45, 7) is -1.44. The average molecular weight is 413 g/mol. The summed E-state index contributed by atoms with van der Waals surface area (Å²) in [4.78, 5) is 12.4. The third kappa shape index (κ3) is 8.25. The molecule has 0 radical (unpaired) electrons. The Morgan fingerprint density at radius 2 is 1.40 bits per heavy atom. The highest BCUT2D eigenvalue weighted by Crippen LogP contribution is 2.35. The Labute approximate surface area is 158 Å². The van der Waals surface area contributed by atoms with Gasteiger partial charge in [0, 0.05) is 15.1 Å². The summed E-state index contributed by atoms with van der Waals surface area (Å²) in [6.07, 6.45) is -4.51. The molecule has 1 rings (SSSR count). The Kier molecular flexibility index (Phi) is 6.75. The van der Waals surface area contributed by atoms with Crippen molar-refractivity contribution >= 4 is 68.9 Å². The van der Waals surface area contributed by atoms with Gasteiger partial charge in [-0.1, -0.05) is 15.9 Å². The molecule has 0 heterocycles. The van der Waals surface area contributed by atoms with Crippen LogP contribution in [0, 0.1) is 0 Å². The lowest BCUT2D eigenvalue weighted by Gasteiger charge is -2.28. The van der Waals surface area contributed by atoms with Crippen molar-refractivity contribution in [2.45, 2.75) is 16.8 Å². The molecule has 25 heavy (non-hydrogen) atoms. The van der Waals surface area contributed by atoms with Gasteiger partial charge in [-0.05, 0) is 12.1 Å². The van der Waals surface area contributed by atoms with E-state index in [0.29, 0.717) is 4.47 Å². The SMILES string of the molecule is BC(B)(B)Oc1cc(Br)cc(OC(B)(B)B)c1C(=O)NCC(F)(F)F. The van der Waals surface area contributed by atoms with E-state index in [2.05, 4.69) is 15.9 Å². The van der Waals surface area contributed by atoms with Crippen molar-refractivity contribution in [2.24, 2.45) is 0 Å². The van der Waals surface area contributed by atoms with E-state index in [1.54, 1.807) is 47.1 Å². The molecular formula is C11H17B6BrF3NO3. The number of rotatable bonds is 6. The Hall–Kier alpha value is -1.05. The molecule has 0 unspecified atom stereocenters. The lowest BCUT2D eigenvalue weighted by atomic mass is 9.52. The fraction of sp³-hybridized carbons (Fsp3) is 0.364. The second kappa shape index (κ2) is 7.68. The van der Waals surface area contributed by atoms with E-state index in [9.17, 15) is 18.0 Å². The van der Waals surface area contributed by atoms with Crippen molar-refractivity contribution in [3.63, 3.8) is 0 Å². The van der Waals surface area contributed by atoms with Crippen LogP contribution in [0.5, 0.6) is 11.5 Å². The second-order valence-corrected chi connectivity index (χ2v) is 8.42. The van der Waals surface area contributed by atoms with E-state index in [4.69, 9.17) is 9.47 Å². The molecule has 14 heteroatoms. The molecule has 1 N–H and O–H groups in total. The van der Waals surface area contributed by atoms with Gasteiger partial charge in [0.2, 0.25) is 0 Å². The number of halogens is 4. The van der Waals surface area contributed by atoms with Crippen molar-refractivity contribution in [2.75, 3.05) is 6.54 Å². The van der Waals surface area contributed by atoms with Crippen molar-refractivity contribution in [1.29, 1.82) is 0 Å². The molecule has 0 saturated carbocycles. The molecule has 0 bridgehead atoms. The molecule has 0 aliphatic heterocycles. The lowest BCUT2D eigenvalue weighted by Crippen LogP contribution is -2.41. The van der Waals surface area contributed by atoms with Crippen LogP contribution in [-0.2, 0) is 0 Å². The van der Waals surface area contributed by atoms with E-state index < -0.39 is 29.2 Å². The largest absolute Gasteiger partial charge is 0.513 e. The molecule has 0 aliphatic carbocycles. The third-order valence-electron chi connectivity index (χ3n) is 2.54. The molecular weight excluding hydrogens is 396 g/mol. The Morgan fingerprint density at radius 3 is 1.72 bits per heavy atom. The van der Waals surface area contributed by atoms with Gasteiger partial charge in [-0.25, -0.2) is 0 Å². The fourth-order valence-electron chi connectivity index (χ4n) is 1.87. The Balaban J connectivity index is 3.38. The number of alkyl halides is 3. The zero-order chi connectivity index (χ0) is 19.6. The monoisotopic (exact) mass is 413 g/mol. The maximum absolute atomic E-state index is 12.5. The Morgan fingerprint density at radius 1 is 1.00 bits per heavy atom. The first-order chi connectivity index (χ1) is 11.1. The highest BCUT2D eigenvalue weighted by molar-refractivity contribution is 9.10. The summed E-state index contributed by atoms with van der Waals surface area (Å²) in [7, 11) is 10.6. The van der Waals surface area contributed by atoms with Gasteiger partial charge in [0.1, 0.15) is 70.7 Å². The number of hydrogen-bond donors (Lipinski definition) is 1.